The van der Waals surface area contributed by atoms with Gasteiger partial charge in [0.15, 0.2) is 0 Å². The number of rotatable bonds is 5. The molecule has 1 aromatic rings. The lowest BCUT2D eigenvalue weighted by molar-refractivity contribution is -0.133. The number of likely N-dealkylation sites (tertiary alicyclic amines) is 1. The van der Waals surface area contributed by atoms with Gasteiger partial charge in [0, 0.05) is 25.8 Å². The lowest BCUT2D eigenvalue weighted by Gasteiger charge is -2.32. The monoisotopic (exact) mass is 316 g/mol. The SMILES string of the molecule is Nc1cnn(CC(=O)N2CCCC(CNS(N)(=O)=O)C2)c1. The summed E-state index contributed by atoms with van der Waals surface area (Å²) in [6.07, 6.45) is 4.79. The fraction of sp³-hybridized carbons (Fsp3) is 0.636. The van der Waals surface area contributed by atoms with E-state index in [-0.39, 0.29) is 24.9 Å². The van der Waals surface area contributed by atoms with E-state index in [0.29, 0.717) is 18.8 Å². The van der Waals surface area contributed by atoms with Crippen LogP contribution in [0, 0.1) is 5.92 Å². The molecule has 9 nitrogen and oxygen atoms in total. The van der Waals surface area contributed by atoms with Crippen molar-refractivity contribution in [3.8, 4) is 0 Å². The summed E-state index contributed by atoms with van der Waals surface area (Å²) in [7, 11) is -3.69. The Hall–Kier alpha value is -1.65. The lowest BCUT2D eigenvalue weighted by Crippen LogP contribution is -2.45. The van der Waals surface area contributed by atoms with Crippen molar-refractivity contribution in [1.29, 1.82) is 0 Å². The lowest BCUT2D eigenvalue weighted by atomic mass is 9.98. The second kappa shape index (κ2) is 6.41. The van der Waals surface area contributed by atoms with Gasteiger partial charge >= 0.3 is 0 Å². The molecule has 2 heterocycles. The summed E-state index contributed by atoms with van der Waals surface area (Å²) in [6, 6.07) is 0. The molecule has 2 rings (SSSR count). The highest BCUT2D eigenvalue weighted by atomic mass is 32.2. The molecule has 1 amide bonds. The van der Waals surface area contributed by atoms with E-state index in [1.165, 1.54) is 10.9 Å². The van der Waals surface area contributed by atoms with Crippen LogP contribution in [-0.2, 0) is 21.5 Å². The van der Waals surface area contributed by atoms with Gasteiger partial charge in [0.25, 0.3) is 10.2 Å². The van der Waals surface area contributed by atoms with Crippen molar-refractivity contribution >= 4 is 21.8 Å². The van der Waals surface area contributed by atoms with E-state index in [1.54, 1.807) is 11.1 Å². The number of nitrogens with two attached hydrogens (primary N) is 2. The van der Waals surface area contributed by atoms with E-state index in [0.717, 1.165) is 12.8 Å². The standard InChI is InChI=1S/C11H20N6O3S/c12-10-5-14-17(7-10)8-11(18)16-3-1-2-9(6-16)4-15-21(13,19)20/h5,7,9,15H,1-4,6,8,12H2,(H2,13,19,20). The maximum atomic E-state index is 12.2. The molecule has 118 valence electrons. The van der Waals surface area contributed by atoms with Crippen molar-refractivity contribution in [2.75, 3.05) is 25.4 Å². The zero-order chi connectivity index (χ0) is 15.5. The van der Waals surface area contributed by atoms with Crippen LogP contribution >= 0.6 is 0 Å². The van der Waals surface area contributed by atoms with Crippen molar-refractivity contribution < 1.29 is 13.2 Å². The van der Waals surface area contributed by atoms with Crippen molar-refractivity contribution in [2.45, 2.75) is 19.4 Å². The number of amides is 1. The number of hydrogen-bond acceptors (Lipinski definition) is 5. The van der Waals surface area contributed by atoms with Crippen LogP contribution in [0.1, 0.15) is 12.8 Å². The van der Waals surface area contributed by atoms with Crippen LogP contribution < -0.4 is 15.6 Å². The molecule has 1 unspecified atom stereocenters. The number of nitrogens with zero attached hydrogens (tertiary/aromatic N) is 3. The van der Waals surface area contributed by atoms with Crippen LogP contribution in [0.2, 0.25) is 0 Å². The number of piperidine rings is 1. The maximum absolute atomic E-state index is 12.2. The quantitative estimate of drug-likeness (QED) is 0.607. The van der Waals surface area contributed by atoms with Crippen LogP contribution in [0.15, 0.2) is 12.4 Å². The van der Waals surface area contributed by atoms with E-state index in [9.17, 15) is 13.2 Å². The van der Waals surface area contributed by atoms with Gasteiger partial charge in [0.1, 0.15) is 6.54 Å². The Bertz CT molecular complexity index is 599. The molecular weight excluding hydrogens is 296 g/mol. The van der Waals surface area contributed by atoms with Crippen LogP contribution in [0.5, 0.6) is 0 Å². The number of carbonyl (C=O) groups is 1. The molecule has 1 aliphatic rings. The average Bonchev–Trinajstić information content (AvgIpc) is 2.81. The summed E-state index contributed by atoms with van der Waals surface area (Å²) in [5.41, 5.74) is 6.06. The predicted octanol–water partition coefficient (Wildman–Crippen LogP) is -1.50. The Kier molecular flexibility index (Phi) is 4.80. The molecular formula is C11H20N6O3S. The first-order valence-corrected chi connectivity index (χ1v) is 8.21. The normalized spacial score (nSPS) is 19.7. The summed E-state index contributed by atoms with van der Waals surface area (Å²) in [5, 5.41) is 8.88. The fourth-order valence-electron chi connectivity index (χ4n) is 2.40. The summed E-state index contributed by atoms with van der Waals surface area (Å²) in [6.45, 7) is 1.56. The molecule has 1 atom stereocenters. The van der Waals surface area contributed by atoms with Crippen LogP contribution in [0.3, 0.4) is 0 Å². The summed E-state index contributed by atoms with van der Waals surface area (Å²) in [4.78, 5) is 13.9. The zero-order valence-corrected chi connectivity index (χ0v) is 12.4. The molecule has 1 fully saturated rings. The first kappa shape index (κ1) is 15.7. The molecule has 0 bridgehead atoms. The van der Waals surface area contributed by atoms with E-state index < -0.39 is 10.2 Å². The van der Waals surface area contributed by atoms with E-state index in [2.05, 4.69) is 9.82 Å². The van der Waals surface area contributed by atoms with Gasteiger partial charge in [-0.15, -0.1) is 0 Å². The Morgan fingerprint density at radius 2 is 2.29 bits per heavy atom. The predicted molar refractivity (Wildman–Crippen MR) is 77.1 cm³/mol. The smallest absolute Gasteiger partial charge is 0.274 e. The number of aromatic nitrogens is 2. The number of nitrogens with one attached hydrogen (secondary N) is 1. The van der Waals surface area contributed by atoms with E-state index >= 15 is 0 Å². The van der Waals surface area contributed by atoms with Crippen LogP contribution in [-0.4, -0.2) is 48.6 Å². The highest BCUT2D eigenvalue weighted by Crippen LogP contribution is 2.16. The summed E-state index contributed by atoms with van der Waals surface area (Å²) in [5.74, 6) is 0.0159. The Morgan fingerprint density at radius 1 is 1.52 bits per heavy atom. The Labute approximate surface area is 123 Å². The van der Waals surface area contributed by atoms with Crippen molar-refractivity contribution in [1.82, 2.24) is 19.4 Å². The molecule has 21 heavy (non-hydrogen) atoms. The molecule has 0 aromatic carbocycles. The third-order valence-electron chi connectivity index (χ3n) is 3.40. The molecule has 5 N–H and O–H groups in total. The van der Waals surface area contributed by atoms with Gasteiger partial charge in [-0.05, 0) is 18.8 Å². The van der Waals surface area contributed by atoms with Gasteiger partial charge < -0.3 is 10.6 Å². The maximum Gasteiger partial charge on any atom is 0.274 e. The minimum atomic E-state index is -3.69. The number of carbonyl (C=O) groups excluding carboxylic acids is 1. The molecule has 0 spiro atoms. The molecule has 1 saturated heterocycles. The Balaban J connectivity index is 1.86. The average molecular weight is 316 g/mol. The molecule has 10 heteroatoms. The largest absolute Gasteiger partial charge is 0.396 e. The third-order valence-corrected chi connectivity index (χ3v) is 3.96. The first-order valence-electron chi connectivity index (χ1n) is 6.66. The highest BCUT2D eigenvalue weighted by molar-refractivity contribution is 7.87. The zero-order valence-electron chi connectivity index (χ0n) is 11.6. The fourth-order valence-corrected chi connectivity index (χ4v) is 2.86. The molecule has 0 aliphatic carbocycles. The van der Waals surface area contributed by atoms with Gasteiger partial charge in [0.05, 0.1) is 11.9 Å². The van der Waals surface area contributed by atoms with Gasteiger partial charge in [0.2, 0.25) is 5.91 Å². The summed E-state index contributed by atoms with van der Waals surface area (Å²) < 4.78 is 25.6. The van der Waals surface area contributed by atoms with E-state index in [1.807, 2.05) is 0 Å². The molecule has 0 saturated carbocycles. The van der Waals surface area contributed by atoms with Gasteiger partial charge in [-0.3, -0.25) is 9.48 Å². The van der Waals surface area contributed by atoms with E-state index in [4.69, 9.17) is 10.9 Å². The van der Waals surface area contributed by atoms with Gasteiger partial charge in [-0.1, -0.05) is 0 Å². The Morgan fingerprint density at radius 3 is 2.90 bits per heavy atom. The number of anilines is 1. The highest BCUT2D eigenvalue weighted by Gasteiger charge is 2.24. The van der Waals surface area contributed by atoms with Crippen LogP contribution in [0.25, 0.3) is 0 Å². The van der Waals surface area contributed by atoms with Gasteiger partial charge in [-0.2, -0.15) is 13.5 Å². The minimum Gasteiger partial charge on any atom is -0.396 e. The minimum absolute atomic E-state index is 0.0570. The third kappa shape index (κ3) is 4.99. The van der Waals surface area contributed by atoms with Crippen molar-refractivity contribution in [3.05, 3.63) is 12.4 Å². The first-order chi connectivity index (χ1) is 9.83. The number of hydrogen-bond donors (Lipinski definition) is 3. The topological polar surface area (TPSA) is 136 Å². The van der Waals surface area contributed by atoms with Crippen LogP contribution in [0.4, 0.5) is 5.69 Å². The van der Waals surface area contributed by atoms with Crippen molar-refractivity contribution in [3.63, 3.8) is 0 Å². The second-order valence-corrected chi connectivity index (χ2v) is 6.59. The molecule has 1 aromatic heterocycles. The molecule has 0 radical (unpaired) electrons. The van der Waals surface area contributed by atoms with Gasteiger partial charge in [-0.25, -0.2) is 9.86 Å². The number of nitrogen functional groups attached to an aromatic ring is 1. The van der Waals surface area contributed by atoms with Crippen molar-refractivity contribution in [2.24, 2.45) is 11.1 Å². The summed E-state index contributed by atoms with van der Waals surface area (Å²) >= 11 is 0. The molecule has 1 aliphatic heterocycles. The second-order valence-electron chi connectivity index (χ2n) is 5.21.